The first-order valence-corrected chi connectivity index (χ1v) is 7.79. The Morgan fingerprint density at radius 2 is 1.75 bits per heavy atom. The number of sulfonamides is 1. The van der Waals surface area contributed by atoms with Gasteiger partial charge in [-0.05, 0) is 12.1 Å². The normalized spacial score (nSPS) is 11.8. The molecule has 0 aromatic heterocycles. The minimum atomic E-state index is -3.58. The van der Waals surface area contributed by atoms with Crippen molar-refractivity contribution < 1.29 is 23.4 Å². The number of anilines is 1. The maximum Gasteiger partial charge on any atom is 0.217 e. The molecule has 0 aliphatic rings. The number of hydrogen-bond acceptors (Lipinski definition) is 6. The van der Waals surface area contributed by atoms with E-state index in [1.54, 1.807) is 24.3 Å². The molecule has 1 rings (SSSR count). The third-order valence-electron chi connectivity index (χ3n) is 2.61. The molecule has 114 valence electrons. The van der Waals surface area contributed by atoms with Gasteiger partial charge in [0.2, 0.25) is 10.0 Å². The van der Waals surface area contributed by atoms with Crippen LogP contribution in [0, 0.1) is 0 Å². The molecule has 8 heteroatoms. The number of aliphatic hydroxyl groups excluding tert-OH is 2. The van der Waals surface area contributed by atoms with Gasteiger partial charge in [-0.3, -0.25) is 0 Å². The Morgan fingerprint density at radius 1 is 1.15 bits per heavy atom. The Balaban J connectivity index is 2.56. The van der Waals surface area contributed by atoms with Gasteiger partial charge in [0, 0.05) is 13.1 Å². The van der Waals surface area contributed by atoms with Crippen LogP contribution in [0.25, 0.3) is 0 Å². The Hall–Kier alpha value is -1.35. The van der Waals surface area contributed by atoms with Crippen molar-refractivity contribution >= 4 is 15.7 Å². The highest BCUT2D eigenvalue weighted by molar-refractivity contribution is 7.89. The summed E-state index contributed by atoms with van der Waals surface area (Å²) < 4.78 is 30.3. The summed E-state index contributed by atoms with van der Waals surface area (Å²) in [5.41, 5.74) is 6.11. The quantitative estimate of drug-likeness (QED) is 0.518. The van der Waals surface area contributed by atoms with Gasteiger partial charge >= 0.3 is 0 Å². The van der Waals surface area contributed by atoms with Crippen molar-refractivity contribution in [2.24, 2.45) is 0 Å². The van der Waals surface area contributed by atoms with E-state index in [4.69, 9.17) is 20.7 Å². The van der Waals surface area contributed by atoms with E-state index in [0.717, 1.165) is 4.31 Å². The number of ether oxygens (including phenoxy) is 1. The van der Waals surface area contributed by atoms with Crippen LogP contribution < -0.4 is 10.5 Å². The summed E-state index contributed by atoms with van der Waals surface area (Å²) in [4.78, 5) is 0. The molecule has 0 spiro atoms. The van der Waals surface area contributed by atoms with Crippen molar-refractivity contribution in [3.8, 4) is 5.75 Å². The molecule has 1 aromatic carbocycles. The third-order valence-corrected chi connectivity index (χ3v) is 4.44. The molecular weight excluding hydrogens is 284 g/mol. The fraction of sp³-hybridized carbons (Fsp3) is 0.500. The second-order valence-electron chi connectivity index (χ2n) is 4.05. The van der Waals surface area contributed by atoms with Gasteiger partial charge in [-0.2, -0.15) is 4.31 Å². The maximum atomic E-state index is 12.0. The van der Waals surface area contributed by atoms with Crippen LogP contribution in [0.2, 0.25) is 0 Å². The molecule has 0 saturated carbocycles. The minimum absolute atomic E-state index is 0.0453. The molecule has 0 radical (unpaired) electrons. The molecule has 0 saturated heterocycles. The molecule has 0 unspecified atom stereocenters. The molecule has 0 amide bonds. The summed E-state index contributed by atoms with van der Waals surface area (Å²) in [5, 5.41) is 17.7. The Labute approximate surface area is 118 Å². The number of nitrogens with zero attached hydrogens (tertiary/aromatic N) is 1. The largest absolute Gasteiger partial charge is 0.490 e. The highest BCUT2D eigenvalue weighted by atomic mass is 32.2. The molecule has 0 heterocycles. The monoisotopic (exact) mass is 304 g/mol. The molecule has 0 bridgehead atoms. The lowest BCUT2D eigenvalue weighted by atomic mass is 10.3. The summed E-state index contributed by atoms with van der Waals surface area (Å²) in [6.45, 7) is -0.742. The lowest BCUT2D eigenvalue weighted by Gasteiger charge is -2.20. The van der Waals surface area contributed by atoms with Crippen molar-refractivity contribution in [3.05, 3.63) is 24.3 Å². The van der Waals surface area contributed by atoms with Gasteiger partial charge in [0.1, 0.15) is 12.4 Å². The van der Waals surface area contributed by atoms with Crippen LogP contribution >= 0.6 is 0 Å². The van der Waals surface area contributed by atoms with E-state index in [1.807, 2.05) is 0 Å². The lowest BCUT2D eigenvalue weighted by molar-refractivity contribution is 0.216. The zero-order valence-electron chi connectivity index (χ0n) is 11.1. The van der Waals surface area contributed by atoms with Gasteiger partial charge < -0.3 is 20.7 Å². The summed E-state index contributed by atoms with van der Waals surface area (Å²) in [5.74, 6) is 0.181. The predicted octanol–water partition coefficient (Wildman–Crippen LogP) is -0.736. The number of benzene rings is 1. The zero-order chi connectivity index (χ0) is 15.0. The smallest absolute Gasteiger partial charge is 0.217 e. The molecular formula is C12H20N2O5S. The zero-order valence-corrected chi connectivity index (χ0v) is 11.9. The van der Waals surface area contributed by atoms with Gasteiger partial charge in [0.05, 0.1) is 24.7 Å². The van der Waals surface area contributed by atoms with Crippen molar-refractivity contribution in [3.63, 3.8) is 0 Å². The first kappa shape index (κ1) is 16.7. The van der Waals surface area contributed by atoms with Crippen LogP contribution in [0.5, 0.6) is 5.75 Å². The predicted molar refractivity (Wildman–Crippen MR) is 75.9 cm³/mol. The second kappa shape index (κ2) is 8.05. The molecule has 7 nitrogen and oxygen atoms in total. The van der Waals surface area contributed by atoms with Crippen LogP contribution in [0.1, 0.15) is 0 Å². The van der Waals surface area contributed by atoms with Crippen molar-refractivity contribution in [1.82, 2.24) is 4.31 Å². The van der Waals surface area contributed by atoms with Crippen LogP contribution in [0.3, 0.4) is 0 Å². The SMILES string of the molecule is Nc1ccccc1OCCS(=O)(=O)N(CCO)CCO. The topological polar surface area (TPSA) is 113 Å². The van der Waals surface area contributed by atoms with E-state index in [2.05, 4.69) is 0 Å². The lowest BCUT2D eigenvalue weighted by Crippen LogP contribution is -2.38. The Morgan fingerprint density at radius 3 is 2.30 bits per heavy atom. The fourth-order valence-corrected chi connectivity index (χ4v) is 2.88. The van der Waals surface area contributed by atoms with Crippen molar-refractivity contribution in [2.75, 3.05) is 44.4 Å². The molecule has 0 atom stereocenters. The van der Waals surface area contributed by atoms with E-state index in [-0.39, 0.29) is 38.7 Å². The highest BCUT2D eigenvalue weighted by Crippen LogP contribution is 2.19. The molecule has 0 fully saturated rings. The molecule has 1 aromatic rings. The fourth-order valence-electron chi connectivity index (χ4n) is 1.61. The molecule has 0 aliphatic heterocycles. The van der Waals surface area contributed by atoms with Crippen LogP contribution in [0.15, 0.2) is 24.3 Å². The van der Waals surface area contributed by atoms with E-state index in [9.17, 15) is 8.42 Å². The Bertz CT molecular complexity index is 500. The van der Waals surface area contributed by atoms with E-state index < -0.39 is 10.0 Å². The van der Waals surface area contributed by atoms with Gasteiger partial charge in [-0.15, -0.1) is 0 Å². The molecule has 0 aliphatic carbocycles. The van der Waals surface area contributed by atoms with E-state index >= 15 is 0 Å². The van der Waals surface area contributed by atoms with Gasteiger partial charge in [0.15, 0.2) is 0 Å². The van der Waals surface area contributed by atoms with Gasteiger partial charge in [0.25, 0.3) is 0 Å². The number of para-hydroxylation sites is 2. The number of hydrogen-bond donors (Lipinski definition) is 3. The number of aliphatic hydroxyl groups is 2. The van der Waals surface area contributed by atoms with Gasteiger partial charge in [-0.1, -0.05) is 12.1 Å². The second-order valence-corrected chi connectivity index (χ2v) is 6.14. The molecule has 4 N–H and O–H groups in total. The summed E-state index contributed by atoms with van der Waals surface area (Å²) in [6, 6.07) is 6.81. The highest BCUT2D eigenvalue weighted by Gasteiger charge is 2.21. The first-order valence-electron chi connectivity index (χ1n) is 6.18. The number of nitrogen functional groups attached to an aromatic ring is 1. The van der Waals surface area contributed by atoms with Crippen LogP contribution in [0.4, 0.5) is 5.69 Å². The number of nitrogens with two attached hydrogens (primary N) is 1. The Kier molecular flexibility index (Phi) is 6.73. The van der Waals surface area contributed by atoms with E-state index in [0.29, 0.717) is 11.4 Å². The number of rotatable bonds is 9. The summed E-state index contributed by atoms with van der Waals surface area (Å²) in [6.07, 6.45) is 0. The standard InChI is InChI=1S/C12H20N2O5S/c13-11-3-1-2-4-12(11)19-9-10-20(17,18)14(5-7-15)6-8-16/h1-4,15-16H,5-10,13H2. The van der Waals surface area contributed by atoms with Crippen molar-refractivity contribution in [2.45, 2.75) is 0 Å². The summed E-state index contributed by atoms with van der Waals surface area (Å²) in [7, 11) is -3.58. The van der Waals surface area contributed by atoms with Crippen LogP contribution in [-0.4, -0.2) is 61.6 Å². The van der Waals surface area contributed by atoms with Gasteiger partial charge in [-0.25, -0.2) is 8.42 Å². The van der Waals surface area contributed by atoms with Crippen LogP contribution in [-0.2, 0) is 10.0 Å². The first-order chi connectivity index (χ1) is 9.51. The third kappa shape index (κ3) is 4.97. The van der Waals surface area contributed by atoms with E-state index in [1.165, 1.54) is 0 Å². The van der Waals surface area contributed by atoms with Crippen molar-refractivity contribution in [1.29, 1.82) is 0 Å². The molecule has 20 heavy (non-hydrogen) atoms. The minimum Gasteiger partial charge on any atom is -0.490 e. The average Bonchev–Trinajstić information content (AvgIpc) is 2.40. The maximum absolute atomic E-state index is 12.0. The average molecular weight is 304 g/mol. The summed E-state index contributed by atoms with van der Waals surface area (Å²) >= 11 is 0.